The number of carbonyl (C=O) groups is 1. The maximum atomic E-state index is 13.2. The van der Waals surface area contributed by atoms with Crippen molar-refractivity contribution in [2.75, 3.05) is 7.11 Å². The maximum absolute atomic E-state index is 13.2. The van der Waals surface area contributed by atoms with E-state index in [1.165, 1.54) is 7.11 Å². The average Bonchev–Trinajstić information content (AvgIpc) is 3.70. The van der Waals surface area contributed by atoms with Crippen molar-refractivity contribution in [2.24, 2.45) is 17.8 Å². The van der Waals surface area contributed by atoms with Crippen LogP contribution in [0.15, 0.2) is 12.3 Å². The van der Waals surface area contributed by atoms with Gasteiger partial charge in [0.25, 0.3) is 0 Å². The Morgan fingerprint density at radius 2 is 1.72 bits per heavy atom. The Morgan fingerprint density at radius 1 is 1.02 bits per heavy atom. The third-order valence-electron chi connectivity index (χ3n) is 9.71. The second-order valence-electron chi connectivity index (χ2n) is 11.9. The first-order valence-corrected chi connectivity index (χ1v) is 15.0. The molecule has 8 bridgehead atoms. The van der Waals surface area contributed by atoms with Gasteiger partial charge in [-0.1, -0.05) is 80.3 Å². The molecule has 8 heteroatoms. The van der Waals surface area contributed by atoms with Crippen molar-refractivity contribution in [1.29, 1.82) is 0 Å². The molecule has 0 radical (unpaired) electrons. The Labute approximate surface area is 268 Å². The topological polar surface area (TPSA) is 101 Å². The zero-order valence-electron chi connectivity index (χ0n) is 26.3. The molecule has 1 unspecified atom stereocenters. The number of allylic oxidation sites excluding steroid dienone is 1. The first-order chi connectivity index (χ1) is 20.1. The van der Waals surface area contributed by atoms with Crippen LogP contribution in [0.1, 0.15) is 78.5 Å². The molecular weight excluding hydrogens is 549 g/mol. The van der Waals surface area contributed by atoms with Gasteiger partial charge in [-0.3, -0.25) is 4.79 Å². The van der Waals surface area contributed by atoms with Gasteiger partial charge in [0, 0.05) is 16.8 Å². The summed E-state index contributed by atoms with van der Waals surface area (Å²) < 4.78 is 5.24. The monoisotopic (exact) mass is 587 g/mol. The summed E-state index contributed by atoms with van der Waals surface area (Å²) in [7, 11) is 1.37. The van der Waals surface area contributed by atoms with E-state index in [4.69, 9.17) is 19.7 Å². The molecule has 220 valence electrons. The third-order valence-corrected chi connectivity index (χ3v) is 9.71. The summed E-state index contributed by atoms with van der Waals surface area (Å²) in [5.41, 5.74) is 9.52. The third kappa shape index (κ3) is 4.65. The second kappa shape index (κ2) is 11.6. The van der Waals surface area contributed by atoms with Crippen molar-refractivity contribution >= 4 is 64.7 Å². The quantitative estimate of drug-likeness (QED) is 0.348. The molecule has 3 aliphatic rings. The smallest absolute Gasteiger partial charge is 0.657 e. The van der Waals surface area contributed by atoms with Crippen LogP contribution < -0.4 is 41.5 Å². The van der Waals surface area contributed by atoms with Crippen LogP contribution in [0, 0.1) is 38.5 Å². The van der Waals surface area contributed by atoms with Gasteiger partial charge in [0.05, 0.1) is 13.2 Å². The molecule has 7 nitrogen and oxygen atoms in total. The van der Waals surface area contributed by atoms with Crippen LogP contribution in [-0.4, -0.2) is 47.3 Å². The van der Waals surface area contributed by atoms with Crippen LogP contribution >= 0.6 is 0 Å². The van der Waals surface area contributed by atoms with Crippen LogP contribution in [0.5, 0.6) is 0 Å². The number of rotatable bonds is 5. The number of hydrogen-bond acceptors (Lipinski definition) is 4. The summed E-state index contributed by atoms with van der Waals surface area (Å²) in [4.78, 5) is 28.5. The number of aromatic nitrogens is 3. The molecule has 0 saturated carbocycles. The summed E-state index contributed by atoms with van der Waals surface area (Å²) in [6.45, 7) is 16.8. The van der Waals surface area contributed by atoms with Crippen LogP contribution in [0.4, 0.5) is 0 Å². The number of aliphatic hydroxyl groups is 1. The van der Waals surface area contributed by atoms with E-state index in [2.05, 4.69) is 58.7 Å². The molecule has 2 aliphatic heterocycles. The zero-order chi connectivity index (χ0) is 30.0. The average molecular weight is 588 g/mol. The van der Waals surface area contributed by atoms with E-state index in [0.717, 1.165) is 86.1 Å². The number of hydrogen-bond donors (Lipinski definition) is 2. The molecule has 2 N–H and O–H groups in total. The van der Waals surface area contributed by atoms with E-state index in [1.54, 1.807) is 0 Å². The number of methoxy groups -OCH3 is 1. The Kier molecular flexibility index (Phi) is 8.39. The normalized spacial score (nSPS) is 24.7. The molecule has 1 aliphatic carbocycles. The molecule has 6 rings (SSSR count). The van der Waals surface area contributed by atoms with Gasteiger partial charge >= 0.3 is 29.0 Å². The SMILES string of the molecule is C=Cc1c2[n-]c(c1C)/C=C1\NC(C3=c4[n-]c(c(C)c4=C(O)[C@@H]3C(=O)OC)/C=c3\[n-]/c(c(C)c3CC)=C\2)[C@@H](CCC)[C@@H]1C.[Mg+2]. The number of fused-ring (bicyclic) bond motifs is 8. The first kappa shape index (κ1) is 31.1. The van der Waals surface area contributed by atoms with Crippen LogP contribution in [0.25, 0.3) is 35.6 Å². The van der Waals surface area contributed by atoms with E-state index in [-0.39, 0.29) is 46.7 Å². The number of nitrogens with zero attached hydrogens (tertiary/aromatic N) is 3. The molecule has 3 aromatic rings. The summed E-state index contributed by atoms with van der Waals surface area (Å²) in [6, 6.07) is -0.203. The van der Waals surface area contributed by atoms with E-state index in [1.807, 2.05) is 19.1 Å². The van der Waals surface area contributed by atoms with E-state index < -0.39 is 11.9 Å². The molecule has 4 atom stereocenters. The predicted molar refractivity (Wildman–Crippen MR) is 172 cm³/mol. The van der Waals surface area contributed by atoms with Crippen molar-refractivity contribution in [3.8, 4) is 0 Å². The predicted octanol–water partition coefficient (Wildman–Crippen LogP) is 1.96. The van der Waals surface area contributed by atoms with Gasteiger partial charge in [0.1, 0.15) is 11.7 Å². The van der Waals surface area contributed by atoms with Gasteiger partial charge in [0.15, 0.2) is 0 Å². The van der Waals surface area contributed by atoms with Crippen molar-refractivity contribution in [2.45, 2.75) is 66.8 Å². The van der Waals surface area contributed by atoms with Crippen LogP contribution in [0.2, 0.25) is 0 Å². The van der Waals surface area contributed by atoms with Gasteiger partial charge in [-0.15, -0.1) is 33.1 Å². The standard InChI is InChI=1S/C35H39N4O3.Mg/c1-9-12-22-18(6)25-13-23-16(4)20(10-2)27(36-23)14-24-17(5)21(11-3)28(37-24)15-26-19(7)29-33(39-26)30(32(22)38-25)31(34(29)40)35(41)42-8;/h10,13-15,18,22,31-32,38,40H,2,9,11-12H2,1,3-8H3;/q-3;+2/b24-14-,25-13-,28-15-;/t18-,22-,31+,32?;/m0./s1. The minimum Gasteiger partial charge on any atom is -0.657 e. The summed E-state index contributed by atoms with van der Waals surface area (Å²) in [5.74, 6) is -0.987. The second-order valence-corrected chi connectivity index (χ2v) is 11.9. The number of aliphatic hydroxyl groups excluding tert-OH is 1. The minimum absolute atomic E-state index is 0. The fraction of sp³-hybridized carbons (Fsp3) is 0.400. The van der Waals surface area contributed by atoms with Gasteiger partial charge in [-0.05, 0) is 50.7 Å². The van der Waals surface area contributed by atoms with Crippen molar-refractivity contribution < 1.29 is 14.6 Å². The first-order valence-electron chi connectivity index (χ1n) is 15.0. The van der Waals surface area contributed by atoms with Crippen LogP contribution in [-0.2, 0) is 16.0 Å². The number of carbonyl (C=O) groups excluding carboxylic acids is 1. The fourth-order valence-corrected chi connectivity index (χ4v) is 7.36. The van der Waals surface area contributed by atoms with Gasteiger partial charge in [0.2, 0.25) is 0 Å². The van der Waals surface area contributed by atoms with Crippen molar-refractivity contribution in [1.82, 2.24) is 20.3 Å². The Balaban J connectivity index is 0.00000368. The molecule has 43 heavy (non-hydrogen) atoms. The summed E-state index contributed by atoms with van der Waals surface area (Å²) in [6.07, 6.45) is 10.9. The maximum Gasteiger partial charge on any atom is 2.00 e. The van der Waals surface area contributed by atoms with Gasteiger partial charge in [-0.2, -0.15) is 0 Å². The van der Waals surface area contributed by atoms with Crippen molar-refractivity contribution in [3.05, 3.63) is 78.4 Å². The molecule has 1 fully saturated rings. The fourth-order valence-electron chi connectivity index (χ4n) is 7.36. The Bertz CT molecular complexity index is 1920. The molecule has 0 aromatic carbocycles. The summed E-state index contributed by atoms with van der Waals surface area (Å²) in [5, 5.41) is 18.4. The largest absolute Gasteiger partial charge is 2.00 e. The van der Waals surface area contributed by atoms with Crippen molar-refractivity contribution in [3.63, 3.8) is 0 Å². The molecule has 1 saturated heterocycles. The number of ether oxygens (including phenoxy) is 1. The number of esters is 1. The molecule has 3 aromatic heterocycles. The number of nitrogens with one attached hydrogen (secondary N) is 1. The van der Waals surface area contributed by atoms with E-state index in [0.29, 0.717) is 10.6 Å². The minimum atomic E-state index is -0.896. The molecule has 0 spiro atoms. The van der Waals surface area contributed by atoms with Gasteiger partial charge < -0.3 is 30.1 Å². The zero-order valence-corrected chi connectivity index (χ0v) is 27.7. The summed E-state index contributed by atoms with van der Waals surface area (Å²) >= 11 is 0. The van der Waals surface area contributed by atoms with E-state index in [9.17, 15) is 9.90 Å². The molecule has 0 amide bonds. The Morgan fingerprint density at radius 3 is 2.37 bits per heavy atom. The van der Waals surface area contributed by atoms with Gasteiger partial charge in [-0.25, -0.2) is 0 Å². The van der Waals surface area contributed by atoms with Crippen LogP contribution in [0.3, 0.4) is 0 Å². The molecular formula is C35H39MgN4O3-. The molecule has 5 heterocycles. The Hall–Kier alpha value is -3.36. The van der Waals surface area contributed by atoms with E-state index >= 15 is 0 Å².